The van der Waals surface area contributed by atoms with Crippen LogP contribution in [0.15, 0.2) is 54.9 Å². The molecule has 2 amide bonds. The van der Waals surface area contributed by atoms with E-state index in [1.54, 1.807) is 6.20 Å². The maximum absolute atomic E-state index is 12.3. The molecule has 7 nitrogen and oxygen atoms in total. The third-order valence-electron chi connectivity index (χ3n) is 4.72. The first-order valence-corrected chi connectivity index (χ1v) is 9.70. The van der Waals surface area contributed by atoms with Crippen molar-refractivity contribution < 1.29 is 9.59 Å². The second-order valence-electron chi connectivity index (χ2n) is 6.79. The Kier molecular flexibility index (Phi) is 7.37. The number of benzene rings is 1. The second kappa shape index (κ2) is 10.4. The van der Waals surface area contributed by atoms with Gasteiger partial charge in [0.05, 0.1) is 12.5 Å². The maximum Gasteiger partial charge on any atom is 0.237 e. The summed E-state index contributed by atoms with van der Waals surface area (Å²) in [7, 11) is 0. The van der Waals surface area contributed by atoms with E-state index in [0.29, 0.717) is 19.6 Å². The fraction of sp³-hybridized carbons (Fsp3) is 0.381. The molecule has 0 saturated carbocycles. The van der Waals surface area contributed by atoms with Crippen molar-refractivity contribution in [2.75, 3.05) is 26.2 Å². The molecule has 0 aliphatic carbocycles. The smallest absolute Gasteiger partial charge is 0.237 e. The monoisotopic (exact) mass is 381 g/mol. The van der Waals surface area contributed by atoms with E-state index in [-0.39, 0.29) is 18.2 Å². The van der Waals surface area contributed by atoms with Gasteiger partial charge in [0.25, 0.3) is 0 Å². The summed E-state index contributed by atoms with van der Waals surface area (Å²) in [5.74, 6) is -0.175. The van der Waals surface area contributed by atoms with Crippen LogP contribution in [0.3, 0.4) is 0 Å². The van der Waals surface area contributed by atoms with Crippen molar-refractivity contribution in [3.8, 4) is 0 Å². The molecule has 2 aromatic rings. The summed E-state index contributed by atoms with van der Waals surface area (Å²) >= 11 is 0. The Balaban J connectivity index is 1.45. The first-order chi connectivity index (χ1) is 13.7. The van der Waals surface area contributed by atoms with E-state index in [1.165, 1.54) is 0 Å². The molecule has 148 valence electrons. The predicted octanol–water partition coefficient (Wildman–Crippen LogP) is 1.29. The number of nitrogens with one attached hydrogen (secondary N) is 2. The number of aromatic nitrogens is 2. The number of piperazine rings is 1. The van der Waals surface area contributed by atoms with E-state index in [9.17, 15) is 9.59 Å². The highest BCUT2D eigenvalue weighted by Crippen LogP contribution is 2.10. The van der Waals surface area contributed by atoms with Crippen molar-refractivity contribution in [1.29, 1.82) is 0 Å². The van der Waals surface area contributed by atoms with Crippen LogP contribution in [0.1, 0.15) is 18.4 Å². The van der Waals surface area contributed by atoms with Gasteiger partial charge in [0.15, 0.2) is 0 Å². The molecule has 0 bridgehead atoms. The number of rotatable bonds is 9. The van der Waals surface area contributed by atoms with Gasteiger partial charge in [0, 0.05) is 45.1 Å². The average Bonchev–Trinajstić information content (AvgIpc) is 3.22. The van der Waals surface area contributed by atoms with Gasteiger partial charge in [-0.15, -0.1) is 0 Å². The van der Waals surface area contributed by atoms with Gasteiger partial charge in [-0.3, -0.25) is 19.2 Å². The van der Waals surface area contributed by atoms with E-state index >= 15 is 0 Å². The maximum atomic E-state index is 12.3. The lowest BCUT2D eigenvalue weighted by atomic mass is 10.1. The van der Waals surface area contributed by atoms with Crippen molar-refractivity contribution in [3.63, 3.8) is 0 Å². The van der Waals surface area contributed by atoms with E-state index in [2.05, 4.69) is 20.6 Å². The van der Waals surface area contributed by atoms with E-state index in [1.807, 2.05) is 59.4 Å². The highest BCUT2D eigenvalue weighted by atomic mass is 16.2. The summed E-state index contributed by atoms with van der Waals surface area (Å²) in [6.07, 6.45) is 8.69. The van der Waals surface area contributed by atoms with Crippen LogP contribution in [-0.4, -0.2) is 58.7 Å². The molecule has 1 saturated heterocycles. The first kappa shape index (κ1) is 19.8. The molecule has 7 heteroatoms. The zero-order valence-electron chi connectivity index (χ0n) is 16.0. The Labute approximate surface area is 165 Å². The predicted molar refractivity (Wildman–Crippen MR) is 108 cm³/mol. The molecule has 1 atom stereocenters. The summed E-state index contributed by atoms with van der Waals surface area (Å²) in [5.41, 5.74) is 1.12. The quantitative estimate of drug-likeness (QED) is 0.642. The summed E-state index contributed by atoms with van der Waals surface area (Å²) < 4.78 is 1.83. The summed E-state index contributed by atoms with van der Waals surface area (Å²) in [6.45, 7) is 3.32. The zero-order chi connectivity index (χ0) is 19.6. The Hall–Kier alpha value is -2.93. The van der Waals surface area contributed by atoms with Crippen LogP contribution in [0.4, 0.5) is 0 Å². The van der Waals surface area contributed by atoms with Crippen LogP contribution in [-0.2, 0) is 16.1 Å². The molecule has 3 rings (SSSR count). The molecule has 0 spiro atoms. The number of hydrogen-bond acceptors (Lipinski definition) is 4. The molecule has 0 unspecified atom stereocenters. The fourth-order valence-electron chi connectivity index (χ4n) is 3.24. The molecular formula is C21H27N5O2. The van der Waals surface area contributed by atoms with E-state index in [4.69, 9.17) is 0 Å². The number of aryl methyl sites for hydroxylation is 1. The lowest BCUT2D eigenvalue weighted by Crippen LogP contribution is -2.56. The van der Waals surface area contributed by atoms with Gasteiger partial charge in [0.2, 0.25) is 11.8 Å². The Morgan fingerprint density at radius 1 is 1.29 bits per heavy atom. The van der Waals surface area contributed by atoms with Crippen molar-refractivity contribution in [2.45, 2.75) is 25.4 Å². The summed E-state index contributed by atoms with van der Waals surface area (Å²) in [4.78, 5) is 26.6. The number of nitrogens with zero attached hydrogens (tertiary/aromatic N) is 3. The van der Waals surface area contributed by atoms with Gasteiger partial charge < -0.3 is 10.6 Å². The summed E-state index contributed by atoms with van der Waals surface area (Å²) in [6, 6.07) is 11.5. The van der Waals surface area contributed by atoms with Crippen LogP contribution in [0.25, 0.3) is 6.08 Å². The zero-order valence-corrected chi connectivity index (χ0v) is 16.0. The Morgan fingerprint density at radius 2 is 2.14 bits per heavy atom. The van der Waals surface area contributed by atoms with E-state index < -0.39 is 6.04 Å². The fourth-order valence-corrected chi connectivity index (χ4v) is 3.24. The van der Waals surface area contributed by atoms with Gasteiger partial charge in [-0.25, -0.2) is 0 Å². The molecular weight excluding hydrogens is 354 g/mol. The summed E-state index contributed by atoms with van der Waals surface area (Å²) in [5, 5.41) is 9.91. The lowest BCUT2D eigenvalue weighted by Gasteiger charge is -2.33. The van der Waals surface area contributed by atoms with Crippen LogP contribution in [0.5, 0.6) is 0 Å². The highest BCUT2D eigenvalue weighted by molar-refractivity contribution is 5.88. The van der Waals surface area contributed by atoms with E-state index in [0.717, 1.165) is 25.1 Å². The highest BCUT2D eigenvalue weighted by Gasteiger charge is 2.30. The first-order valence-electron chi connectivity index (χ1n) is 9.70. The third-order valence-corrected chi connectivity index (χ3v) is 4.72. The number of amides is 2. The number of hydrogen-bond donors (Lipinski definition) is 2. The minimum atomic E-state index is -0.430. The second-order valence-corrected chi connectivity index (χ2v) is 6.79. The van der Waals surface area contributed by atoms with Crippen LogP contribution >= 0.6 is 0 Å². The molecule has 0 radical (unpaired) electrons. The third kappa shape index (κ3) is 6.06. The molecule has 1 aromatic heterocycles. The molecule has 2 heterocycles. The SMILES string of the molecule is O=C(C[C@H]1C(=O)NCCN1C/C=C/c1ccccc1)NCCCn1cccn1. The van der Waals surface area contributed by atoms with Gasteiger partial charge in [-0.2, -0.15) is 5.10 Å². The minimum Gasteiger partial charge on any atom is -0.356 e. The van der Waals surface area contributed by atoms with Crippen molar-refractivity contribution >= 4 is 17.9 Å². The Bertz CT molecular complexity index is 773. The molecule has 1 aliphatic rings. The number of carbonyl (C=O) groups is 2. The molecule has 28 heavy (non-hydrogen) atoms. The normalized spacial score (nSPS) is 17.6. The molecule has 2 N–H and O–H groups in total. The molecule has 1 aromatic carbocycles. The largest absolute Gasteiger partial charge is 0.356 e. The topological polar surface area (TPSA) is 79.3 Å². The average molecular weight is 381 g/mol. The van der Waals surface area contributed by atoms with Crippen molar-refractivity contribution in [2.24, 2.45) is 0 Å². The van der Waals surface area contributed by atoms with Gasteiger partial charge in [0.1, 0.15) is 0 Å². The molecule has 1 aliphatic heterocycles. The molecule has 1 fully saturated rings. The van der Waals surface area contributed by atoms with Crippen LogP contribution in [0, 0.1) is 0 Å². The minimum absolute atomic E-state index is 0.0777. The van der Waals surface area contributed by atoms with Crippen LogP contribution < -0.4 is 10.6 Å². The van der Waals surface area contributed by atoms with Gasteiger partial charge in [-0.05, 0) is 18.1 Å². The van der Waals surface area contributed by atoms with Crippen molar-refractivity contribution in [3.05, 3.63) is 60.4 Å². The van der Waals surface area contributed by atoms with Crippen LogP contribution in [0.2, 0.25) is 0 Å². The van der Waals surface area contributed by atoms with Gasteiger partial charge in [-0.1, -0.05) is 42.5 Å². The van der Waals surface area contributed by atoms with Gasteiger partial charge >= 0.3 is 0 Å². The standard InChI is InChI=1S/C21H27N5O2/c27-20(22-10-5-14-26-15-6-11-24-26)17-19-21(28)23-12-16-25(19)13-4-9-18-7-2-1-3-8-18/h1-4,6-9,11,15,19H,5,10,12-14,16-17H2,(H,22,27)(H,23,28)/b9-4+/t19-/m0/s1. The lowest BCUT2D eigenvalue weighted by molar-refractivity contribution is -0.133. The van der Waals surface area contributed by atoms with Crippen molar-refractivity contribution in [1.82, 2.24) is 25.3 Å². The number of carbonyl (C=O) groups excluding carboxylic acids is 2. The Morgan fingerprint density at radius 3 is 2.93 bits per heavy atom.